The maximum atomic E-state index is 12.5. The van der Waals surface area contributed by atoms with Crippen molar-refractivity contribution in [3.05, 3.63) is 29.8 Å². The van der Waals surface area contributed by atoms with E-state index in [0.717, 1.165) is 56.6 Å². The molecule has 2 amide bonds. The Bertz CT molecular complexity index is 733. The maximum Gasteiger partial charge on any atom is 0.234 e. The number of likely N-dealkylation sites (tertiary alicyclic amines) is 2. The highest BCUT2D eigenvalue weighted by Gasteiger charge is 2.45. The fourth-order valence-corrected chi connectivity index (χ4v) is 4.84. The molecule has 0 unspecified atom stereocenters. The average Bonchev–Trinajstić information content (AvgIpc) is 3.54. The van der Waals surface area contributed by atoms with E-state index in [1.54, 1.807) is 7.11 Å². The molecule has 1 atom stereocenters. The van der Waals surface area contributed by atoms with Crippen LogP contribution in [-0.4, -0.2) is 60.9 Å². The Morgan fingerprint density at radius 2 is 2.07 bits per heavy atom. The van der Waals surface area contributed by atoms with Gasteiger partial charge in [-0.2, -0.15) is 0 Å². The number of piperidine rings is 2. The molecule has 152 valence electrons. The van der Waals surface area contributed by atoms with Crippen LogP contribution in [0.5, 0.6) is 5.75 Å². The fourth-order valence-electron chi connectivity index (χ4n) is 4.84. The summed E-state index contributed by atoms with van der Waals surface area (Å²) in [5, 5.41) is 3.03. The highest BCUT2D eigenvalue weighted by Crippen LogP contribution is 2.42. The lowest BCUT2D eigenvalue weighted by molar-refractivity contribution is -0.140. The minimum atomic E-state index is 0.0499. The van der Waals surface area contributed by atoms with Gasteiger partial charge in [-0.25, -0.2) is 0 Å². The van der Waals surface area contributed by atoms with E-state index in [2.05, 4.69) is 15.1 Å². The molecule has 2 saturated heterocycles. The van der Waals surface area contributed by atoms with Crippen LogP contribution >= 0.6 is 0 Å². The fraction of sp³-hybridized carbons (Fsp3) is 0.636. The van der Waals surface area contributed by atoms with E-state index >= 15 is 0 Å². The summed E-state index contributed by atoms with van der Waals surface area (Å²) in [6.07, 6.45) is 6.24. The molecule has 3 fully saturated rings. The van der Waals surface area contributed by atoms with Crippen LogP contribution in [0.25, 0.3) is 0 Å². The van der Waals surface area contributed by atoms with Gasteiger partial charge in [-0.3, -0.25) is 14.5 Å². The number of carbonyl (C=O) groups is 2. The van der Waals surface area contributed by atoms with Crippen LogP contribution in [-0.2, 0) is 16.1 Å². The Kier molecular flexibility index (Phi) is 5.58. The predicted octanol–water partition coefficient (Wildman–Crippen LogP) is 2.18. The van der Waals surface area contributed by atoms with Gasteiger partial charge in [-0.15, -0.1) is 0 Å². The second-order valence-corrected chi connectivity index (χ2v) is 8.66. The lowest BCUT2D eigenvalue weighted by Crippen LogP contribution is -2.55. The molecule has 0 bridgehead atoms. The predicted molar refractivity (Wildman–Crippen MR) is 107 cm³/mol. The lowest BCUT2D eigenvalue weighted by Gasteiger charge is -2.48. The minimum Gasteiger partial charge on any atom is -0.496 e. The number of benzene rings is 1. The van der Waals surface area contributed by atoms with Crippen molar-refractivity contribution < 1.29 is 14.3 Å². The third kappa shape index (κ3) is 4.32. The summed E-state index contributed by atoms with van der Waals surface area (Å²) in [6.45, 7) is 3.67. The van der Waals surface area contributed by atoms with E-state index in [1.807, 2.05) is 24.3 Å². The van der Waals surface area contributed by atoms with E-state index in [1.165, 1.54) is 6.42 Å². The zero-order valence-electron chi connectivity index (χ0n) is 16.8. The molecule has 2 heterocycles. The van der Waals surface area contributed by atoms with Crippen molar-refractivity contribution in [3.8, 4) is 5.75 Å². The molecule has 28 heavy (non-hydrogen) atoms. The largest absolute Gasteiger partial charge is 0.496 e. The van der Waals surface area contributed by atoms with Crippen LogP contribution in [0.3, 0.4) is 0 Å². The highest BCUT2D eigenvalue weighted by molar-refractivity contribution is 5.78. The van der Waals surface area contributed by atoms with Crippen LogP contribution < -0.4 is 10.1 Å². The van der Waals surface area contributed by atoms with Crippen molar-refractivity contribution in [2.45, 2.75) is 51.1 Å². The Labute approximate surface area is 167 Å². The number of ether oxygens (including phenoxy) is 1. The molecule has 1 aromatic carbocycles. The zero-order valence-corrected chi connectivity index (χ0v) is 16.8. The second kappa shape index (κ2) is 8.11. The van der Waals surface area contributed by atoms with Crippen molar-refractivity contribution in [2.24, 2.45) is 5.41 Å². The quantitative estimate of drug-likeness (QED) is 0.815. The SMILES string of the molecule is COc1ccccc1CNC(=O)CN1CCC[C@@]2(CCC(=O)N(C3CC3)C2)C1. The first-order chi connectivity index (χ1) is 13.6. The van der Waals surface area contributed by atoms with E-state index in [0.29, 0.717) is 31.5 Å². The minimum absolute atomic E-state index is 0.0499. The van der Waals surface area contributed by atoms with Gasteiger partial charge >= 0.3 is 0 Å². The highest BCUT2D eigenvalue weighted by atomic mass is 16.5. The number of hydrogen-bond acceptors (Lipinski definition) is 4. The first kappa shape index (κ1) is 19.2. The molecule has 1 N–H and O–H groups in total. The van der Waals surface area contributed by atoms with Crippen LogP contribution in [0.2, 0.25) is 0 Å². The van der Waals surface area contributed by atoms with Gasteiger partial charge in [0.2, 0.25) is 11.8 Å². The molecule has 0 radical (unpaired) electrons. The normalized spacial score (nSPS) is 25.8. The lowest BCUT2D eigenvalue weighted by atomic mass is 9.73. The monoisotopic (exact) mass is 385 g/mol. The van der Waals surface area contributed by atoms with Crippen LogP contribution in [0.1, 0.15) is 44.1 Å². The number of amides is 2. The number of nitrogens with one attached hydrogen (secondary N) is 1. The van der Waals surface area contributed by atoms with Gasteiger partial charge in [0.15, 0.2) is 0 Å². The van der Waals surface area contributed by atoms with E-state index < -0.39 is 0 Å². The van der Waals surface area contributed by atoms with Crippen molar-refractivity contribution in [1.82, 2.24) is 15.1 Å². The summed E-state index contributed by atoms with van der Waals surface area (Å²) >= 11 is 0. The Balaban J connectivity index is 1.31. The maximum absolute atomic E-state index is 12.5. The molecule has 3 aliphatic rings. The van der Waals surface area contributed by atoms with Gasteiger partial charge in [0.25, 0.3) is 0 Å². The first-order valence-corrected chi connectivity index (χ1v) is 10.5. The molecule has 1 aromatic rings. The van der Waals surface area contributed by atoms with E-state index in [9.17, 15) is 9.59 Å². The first-order valence-electron chi connectivity index (χ1n) is 10.5. The molecular weight excluding hydrogens is 354 g/mol. The van der Waals surface area contributed by atoms with Gasteiger partial charge < -0.3 is 15.0 Å². The van der Waals surface area contributed by atoms with E-state index in [-0.39, 0.29) is 11.3 Å². The van der Waals surface area contributed by atoms with Gasteiger partial charge in [-0.1, -0.05) is 18.2 Å². The van der Waals surface area contributed by atoms with Crippen molar-refractivity contribution in [2.75, 3.05) is 33.3 Å². The molecule has 0 aromatic heterocycles. The van der Waals surface area contributed by atoms with Gasteiger partial charge in [0.1, 0.15) is 5.75 Å². The number of carbonyl (C=O) groups excluding carboxylic acids is 2. The molecule has 2 aliphatic heterocycles. The molecule has 1 saturated carbocycles. The number of para-hydroxylation sites is 1. The Hall–Kier alpha value is -2.08. The van der Waals surface area contributed by atoms with Gasteiger partial charge in [-0.05, 0) is 44.7 Å². The molecule has 6 nitrogen and oxygen atoms in total. The third-order valence-corrected chi connectivity index (χ3v) is 6.46. The van der Waals surface area contributed by atoms with Gasteiger partial charge in [0, 0.05) is 43.1 Å². The van der Waals surface area contributed by atoms with Crippen LogP contribution in [0.15, 0.2) is 24.3 Å². The smallest absolute Gasteiger partial charge is 0.234 e. The molecular formula is C22H31N3O3. The number of hydrogen-bond donors (Lipinski definition) is 1. The van der Waals surface area contributed by atoms with Crippen molar-refractivity contribution >= 4 is 11.8 Å². The van der Waals surface area contributed by atoms with Crippen LogP contribution in [0, 0.1) is 5.41 Å². The summed E-state index contributed by atoms with van der Waals surface area (Å²) in [5.41, 5.74) is 1.16. The molecule has 6 heteroatoms. The molecule has 1 aliphatic carbocycles. The zero-order chi connectivity index (χ0) is 19.6. The average molecular weight is 386 g/mol. The topological polar surface area (TPSA) is 61.9 Å². The van der Waals surface area contributed by atoms with Crippen molar-refractivity contribution in [1.29, 1.82) is 0 Å². The number of methoxy groups -OCH3 is 1. The molecule has 1 spiro atoms. The third-order valence-electron chi connectivity index (χ3n) is 6.46. The number of rotatable bonds is 6. The van der Waals surface area contributed by atoms with Gasteiger partial charge in [0.05, 0.1) is 13.7 Å². The van der Waals surface area contributed by atoms with Crippen LogP contribution in [0.4, 0.5) is 0 Å². The summed E-state index contributed by atoms with van der Waals surface area (Å²) in [7, 11) is 1.65. The summed E-state index contributed by atoms with van der Waals surface area (Å²) in [5.74, 6) is 1.18. The standard InChI is InChI=1S/C22H31N3O3/c1-28-19-6-3-2-5-17(19)13-23-20(26)14-24-12-4-10-22(15-24)11-9-21(27)25(16-22)18-7-8-18/h2-3,5-6,18H,4,7-16H2,1H3,(H,23,26)/t22-/m1/s1. The van der Waals surface area contributed by atoms with E-state index in [4.69, 9.17) is 4.74 Å². The summed E-state index contributed by atoms with van der Waals surface area (Å²) < 4.78 is 5.35. The second-order valence-electron chi connectivity index (χ2n) is 8.66. The summed E-state index contributed by atoms with van der Waals surface area (Å²) in [6, 6.07) is 8.25. The summed E-state index contributed by atoms with van der Waals surface area (Å²) in [4.78, 5) is 29.2. The Morgan fingerprint density at radius 1 is 1.25 bits per heavy atom. The Morgan fingerprint density at radius 3 is 2.86 bits per heavy atom. The van der Waals surface area contributed by atoms with Crippen molar-refractivity contribution in [3.63, 3.8) is 0 Å². The number of nitrogens with zero attached hydrogens (tertiary/aromatic N) is 2. The molecule has 4 rings (SSSR count).